The normalized spacial score (nSPS) is 11.3. The number of hydrogen-bond donors (Lipinski definition) is 1. The lowest BCUT2D eigenvalue weighted by Gasteiger charge is -2.15. The number of halogens is 3. The first-order valence-corrected chi connectivity index (χ1v) is 9.42. The maximum atomic E-state index is 13.4. The maximum Gasteiger partial charge on any atom is 0.421 e. The molecule has 0 unspecified atom stereocenters. The summed E-state index contributed by atoms with van der Waals surface area (Å²) in [5.74, 6) is -0.330. The first-order chi connectivity index (χ1) is 14.0. The molecule has 0 bridgehead atoms. The van der Waals surface area contributed by atoms with Crippen molar-refractivity contribution in [3.05, 3.63) is 77.5 Å². The minimum atomic E-state index is -4.58. The van der Waals surface area contributed by atoms with Crippen LogP contribution in [0.1, 0.15) is 36.5 Å². The van der Waals surface area contributed by atoms with Crippen molar-refractivity contribution in [3.63, 3.8) is 0 Å². The molecule has 1 aromatic heterocycles. The quantitative estimate of drug-likeness (QED) is 0.491. The lowest BCUT2D eigenvalue weighted by molar-refractivity contribution is -0.137. The van der Waals surface area contributed by atoms with E-state index in [1.807, 2.05) is 48.5 Å². The van der Waals surface area contributed by atoms with Crippen molar-refractivity contribution in [2.45, 2.75) is 39.0 Å². The van der Waals surface area contributed by atoms with Crippen LogP contribution < -0.4 is 10.1 Å². The molecule has 1 heterocycles. The summed E-state index contributed by atoms with van der Waals surface area (Å²) in [6.45, 7) is 2.26. The summed E-state index contributed by atoms with van der Waals surface area (Å²) in [7, 11) is 0. The van der Waals surface area contributed by atoms with E-state index in [2.05, 4.69) is 22.2 Å². The molecule has 0 saturated carbocycles. The van der Waals surface area contributed by atoms with Gasteiger partial charge in [0.15, 0.2) is 0 Å². The van der Waals surface area contributed by atoms with Gasteiger partial charge in [0.25, 0.3) is 0 Å². The number of rotatable bonds is 8. The van der Waals surface area contributed by atoms with Gasteiger partial charge < -0.3 is 10.1 Å². The van der Waals surface area contributed by atoms with Gasteiger partial charge in [-0.25, -0.2) is 4.98 Å². The number of alkyl halides is 3. The Morgan fingerprint density at radius 1 is 1.00 bits per heavy atom. The second kappa shape index (κ2) is 9.41. The minimum absolute atomic E-state index is 0.119. The van der Waals surface area contributed by atoms with Crippen LogP contribution in [-0.2, 0) is 19.2 Å². The zero-order valence-corrected chi connectivity index (χ0v) is 16.0. The fraction of sp³-hybridized carbons (Fsp3) is 0.273. The SMILES string of the molecule is CCCCc1cccc(Nc2nc(OCc3ccccc3)ncc2C(F)(F)F)c1. The Morgan fingerprint density at radius 3 is 2.48 bits per heavy atom. The summed E-state index contributed by atoms with van der Waals surface area (Å²) < 4.78 is 45.7. The molecule has 0 radical (unpaired) electrons. The van der Waals surface area contributed by atoms with Crippen LogP contribution in [0.25, 0.3) is 0 Å². The highest BCUT2D eigenvalue weighted by atomic mass is 19.4. The van der Waals surface area contributed by atoms with Gasteiger partial charge in [-0.3, -0.25) is 0 Å². The van der Waals surface area contributed by atoms with Crippen molar-refractivity contribution < 1.29 is 17.9 Å². The highest BCUT2D eigenvalue weighted by Crippen LogP contribution is 2.35. The van der Waals surface area contributed by atoms with Gasteiger partial charge >= 0.3 is 12.2 Å². The molecule has 7 heteroatoms. The molecular formula is C22H22F3N3O. The molecular weight excluding hydrogens is 379 g/mol. The van der Waals surface area contributed by atoms with Gasteiger partial charge in [0.2, 0.25) is 0 Å². The van der Waals surface area contributed by atoms with E-state index in [1.165, 1.54) is 0 Å². The van der Waals surface area contributed by atoms with Crippen molar-refractivity contribution in [2.24, 2.45) is 0 Å². The fourth-order valence-corrected chi connectivity index (χ4v) is 2.78. The average Bonchev–Trinajstić information content (AvgIpc) is 2.71. The van der Waals surface area contributed by atoms with Crippen LogP contribution in [0.2, 0.25) is 0 Å². The second-order valence-electron chi connectivity index (χ2n) is 6.62. The number of ether oxygens (including phenoxy) is 1. The van der Waals surface area contributed by atoms with E-state index in [0.29, 0.717) is 5.69 Å². The number of nitrogens with zero attached hydrogens (tertiary/aromatic N) is 2. The summed E-state index contributed by atoms with van der Waals surface area (Å²) in [5, 5.41) is 2.78. The van der Waals surface area contributed by atoms with Crippen molar-refractivity contribution in [1.82, 2.24) is 9.97 Å². The van der Waals surface area contributed by atoms with Crippen LogP contribution in [-0.4, -0.2) is 9.97 Å². The van der Waals surface area contributed by atoms with E-state index in [9.17, 15) is 13.2 Å². The van der Waals surface area contributed by atoms with E-state index in [1.54, 1.807) is 6.07 Å². The van der Waals surface area contributed by atoms with Gasteiger partial charge in [-0.1, -0.05) is 55.8 Å². The lowest BCUT2D eigenvalue weighted by Crippen LogP contribution is -2.12. The zero-order chi connectivity index (χ0) is 20.7. The molecule has 3 aromatic rings. The molecule has 29 heavy (non-hydrogen) atoms. The van der Waals surface area contributed by atoms with Gasteiger partial charge in [0.1, 0.15) is 18.0 Å². The van der Waals surface area contributed by atoms with Crippen molar-refractivity contribution in [2.75, 3.05) is 5.32 Å². The van der Waals surface area contributed by atoms with Gasteiger partial charge in [-0.05, 0) is 36.1 Å². The largest absolute Gasteiger partial charge is 0.459 e. The Balaban J connectivity index is 1.83. The second-order valence-corrected chi connectivity index (χ2v) is 6.62. The standard InChI is InChI=1S/C22H22F3N3O/c1-2-3-8-16-11-7-12-18(13-16)27-20-19(22(23,24)25)14-26-21(28-20)29-15-17-9-5-4-6-10-17/h4-7,9-14H,2-3,8,15H2,1H3,(H,26,27,28). The van der Waals surface area contributed by atoms with Crippen LogP contribution in [0.5, 0.6) is 6.01 Å². The third-order valence-corrected chi connectivity index (χ3v) is 4.29. The van der Waals surface area contributed by atoms with E-state index in [4.69, 9.17) is 4.74 Å². The van der Waals surface area contributed by atoms with Crippen molar-refractivity contribution in [1.29, 1.82) is 0 Å². The predicted octanol–water partition coefficient (Wildman–Crippen LogP) is 6.16. The molecule has 152 valence electrons. The summed E-state index contributed by atoms with van der Waals surface area (Å²) in [5.41, 5.74) is 1.52. The van der Waals surface area contributed by atoms with Gasteiger partial charge in [-0.15, -0.1) is 0 Å². The monoisotopic (exact) mass is 401 g/mol. The molecule has 0 aliphatic rings. The molecule has 4 nitrogen and oxygen atoms in total. The Kier molecular flexibility index (Phi) is 6.69. The van der Waals surface area contributed by atoms with Crippen molar-refractivity contribution in [3.8, 4) is 6.01 Å². The van der Waals surface area contributed by atoms with E-state index in [-0.39, 0.29) is 18.4 Å². The fourth-order valence-electron chi connectivity index (χ4n) is 2.78. The number of nitrogens with one attached hydrogen (secondary N) is 1. The highest BCUT2D eigenvalue weighted by molar-refractivity contribution is 5.60. The smallest absolute Gasteiger partial charge is 0.421 e. The zero-order valence-electron chi connectivity index (χ0n) is 16.0. The summed E-state index contributed by atoms with van der Waals surface area (Å²) in [6.07, 6.45) is -0.907. The Morgan fingerprint density at radius 2 is 1.76 bits per heavy atom. The summed E-state index contributed by atoms with van der Waals surface area (Å²) in [4.78, 5) is 7.70. The van der Waals surface area contributed by atoms with Crippen LogP contribution >= 0.6 is 0 Å². The highest BCUT2D eigenvalue weighted by Gasteiger charge is 2.35. The molecule has 0 spiro atoms. The van der Waals surface area contributed by atoms with Crippen LogP contribution in [0.4, 0.5) is 24.7 Å². The molecule has 3 rings (SSSR count). The molecule has 1 N–H and O–H groups in total. The first kappa shape index (κ1) is 20.6. The number of aryl methyl sites for hydroxylation is 1. The van der Waals surface area contributed by atoms with E-state index < -0.39 is 11.7 Å². The molecule has 0 aliphatic heterocycles. The predicted molar refractivity (Wildman–Crippen MR) is 106 cm³/mol. The third-order valence-electron chi connectivity index (χ3n) is 4.29. The number of benzene rings is 2. The minimum Gasteiger partial charge on any atom is -0.459 e. The Labute approximate surface area is 167 Å². The summed E-state index contributed by atoms with van der Waals surface area (Å²) >= 11 is 0. The molecule has 0 atom stereocenters. The van der Waals surface area contributed by atoms with Crippen LogP contribution in [0, 0.1) is 0 Å². The van der Waals surface area contributed by atoms with Gasteiger partial charge in [0.05, 0.1) is 0 Å². The average molecular weight is 401 g/mol. The Hall–Kier alpha value is -3.09. The number of unbranched alkanes of at least 4 members (excludes halogenated alkanes) is 1. The van der Waals surface area contributed by atoms with E-state index in [0.717, 1.165) is 36.6 Å². The number of aromatic nitrogens is 2. The first-order valence-electron chi connectivity index (χ1n) is 9.42. The van der Waals surface area contributed by atoms with Gasteiger partial charge in [0, 0.05) is 11.9 Å². The number of anilines is 2. The molecule has 0 amide bonds. The molecule has 0 aliphatic carbocycles. The molecule has 0 saturated heterocycles. The number of hydrogen-bond acceptors (Lipinski definition) is 4. The topological polar surface area (TPSA) is 47.0 Å². The lowest BCUT2D eigenvalue weighted by atomic mass is 10.1. The molecule has 0 fully saturated rings. The van der Waals surface area contributed by atoms with Crippen molar-refractivity contribution >= 4 is 11.5 Å². The summed E-state index contributed by atoms with van der Waals surface area (Å²) in [6, 6.07) is 16.5. The Bertz CT molecular complexity index is 930. The van der Waals surface area contributed by atoms with Crippen LogP contribution in [0.3, 0.4) is 0 Å². The third kappa shape index (κ3) is 5.94. The van der Waals surface area contributed by atoms with Gasteiger partial charge in [-0.2, -0.15) is 18.2 Å². The molecule has 2 aromatic carbocycles. The van der Waals surface area contributed by atoms with Crippen LogP contribution in [0.15, 0.2) is 60.8 Å². The van der Waals surface area contributed by atoms with E-state index >= 15 is 0 Å². The maximum absolute atomic E-state index is 13.4.